The van der Waals surface area contributed by atoms with E-state index in [0.29, 0.717) is 13.0 Å². The van der Waals surface area contributed by atoms with E-state index >= 15 is 0 Å². The number of hydrogen-bond acceptors (Lipinski definition) is 3. The zero-order valence-corrected chi connectivity index (χ0v) is 12.0. The van der Waals surface area contributed by atoms with Gasteiger partial charge in [-0.2, -0.15) is 0 Å². The molecule has 1 aromatic heterocycles. The van der Waals surface area contributed by atoms with Gasteiger partial charge in [0.05, 0.1) is 11.7 Å². The first kappa shape index (κ1) is 13.5. The van der Waals surface area contributed by atoms with E-state index in [2.05, 4.69) is 17.5 Å². The van der Waals surface area contributed by atoms with Gasteiger partial charge in [0, 0.05) is 17.7 Å². The smallest absolute Gasteiger partial charge is 0.0887 e. The Labute approximate surface area is 112 Å². The molecule has 1 heterocycles. The van der Waals surface area contributed by atoms with Crippen LogP contribution in [-0.4, -0.2) is 23.4 Å². The van der Waals surface area contributed by atoms with Gasteiger partial charge in [-0.3, -0.25) is 0 Å². The maximum atomic E-state index is 10.3. The Balaban J connectivity index is 2.19. The van der Waals surface area contributed by atoms with Crippen molar-refractivity contribution in [2.75, 3.05) is 6.61 Å². The number of aliphatic hydroxyl groups is 1. The predicted molar refractivity (Wildman–Crippen MR) is 77.2 cm³/mol. The Morgan fingerprint density at radius 3 is 2.78 bits per heavy atom. The van der Waals surface area contributed by atoms with Crippen molar-refractivity contribution < 1.29 is 9.84 Å². The number of benzene rings is 1. The van der Waals surface area contributed by atoms with Crippen LogP contribution >= 0.6 is 11.3 Å². The van der Waals surface area contributed by atoms with Gasteiger partial charge < -0.3 is 9.84 Å². The minimum atomic E-state index is -0.502. The zero-order valence-electron chi connectivity index (χ0n) is 11.1. The summed E-state index contributed by atoms with van der Waals surface area (Å²) in [5, 5.41) is 13.7. The van der Waals surface area contributed by atoms with Crippen LogP contribution in [0.5, 0.6) is 0 Å². The summed E-state index contributed by atoms with van der Waals surface area (Å²) in [6.45, 7) is 6.45. The maximum Gasteiger partial charge on any atom is 0.0887 e. The minimum Gasteiger partial charge on any atom is -0.390 e. The van der Waals surface area contributed by atoms with Crippen molar-refractivity contribution in [2.45, 2.75) is 38.9 Å². The average molecular weight is 264 g/mol. The second-order valence-corrected chi connectivity index (χ2v) is 5.92. The molecule has 0 saturated carbocycles. The van der Waals surface area contributed by atoms with Crippen LogP contribution in [0.15, 0.2) is 29.6 Å². The van der Waals surface area contributed by atoms with E-state index < -0.39 is 11.7 Å². The van der Waals surface area contributed by atoms with Crippen LogP contribution in [0.25, 0.3) is 10.1 Å². The van der Waals surface area contributed by atoms with Gasteiger partial charge in [0.15, 0.2) is 0 Å². The summed E-state index contributed by atoms with van der Waals surface area (Å²) < 4.78 is 6.88. The number of rotatable bonds is 5. The molecule has 2 nitrogen and oxygen atoms in total. The molecule has 2 rings (SSSR count). The number of thiophene rings is 1. The van der Waals surface area contributed by atoms with Gasteiger partial charge in [-0.1, -0.05) is 18.2 Å². The van der Waals surface area contributed by atoms with E-state index in [0.717, 1.165) is 0 Å². The Bertz CT molecular complexity index is 516. The standard InChI is InChI=1S/C15H20O2S/c1-4-17-15(2,3)14(16)9-11-10-18-13-8-6-5-7-12(11)13/h5-8,10,14,16H,4,9H2,1-3H3. The van der Waals surface area contributed by atoms with Crippen LogP contribution in [0.3, 0.4) is 0 Å². The summed E-state index contributed by atoms with van der Waals surface area (Å²) in [5.74, 6) is 0. The van der Waals surface area contributed by atoms with E-state index in [9.17, 15) is 5.11 Å². The van der Waals surface area contributed by atoms with Gasteiger partial charge in [-0.05, 0) is 43.2 Å². The highest BCUT2D eigenvalue weighted by atomic mass is 32.1. The average Bonchev–Trinajstić information content (AvgIpc) is 2.73. The number of hydrogen-bond donors (Lipinski definition) is 1. The molecule has 0 spiro atoms. The van der Waals surface area contributed by atoms with Crippen molar-refractivity contribution in [2.24, 2.45) is 0 Å². The lowest BCUT2D eigenvalue weighted by atomic mass is 9.95. The van der Waals surface area contributed by atoms with Gasteiger partial charge in [0.1, 0.15) is 0 Å². The zero-order chi connectivity index (χ0) is 13.2. The SMILES string of the molecule is CCOC(C)(C)C(O)Cc1csc2ccccc12. The van der Waals surface area contributed by atoms with Gasteiger partial charge in [-0.15, -0.1) is 11.3 Å². The Hall–Kier alpha value is -0.900. The van der Waals surface area contributed by atoms with Crippen molar-refractivity contribution in [3.8, 4) is 0 Å². The fraction of sp³-hybridized carbons (Fsp3) is 0.467. The second kappa shape index (κ2) is 5.39. The molecule has 0 aliphatic heterocycles. The maximum absolute atomic E-state index is 10.3. The van der Waals surface area contributed by atoms with Crippen molar-refractivity contribution >= 4 is 21.4 Å². The summed E-state index contributed by atoms with van der Waals surface area (Å²) in [5.41, 5.74) is 0.702. The molecule has 0 saturated heterocycles. The number of fused-ring (bicyclic) bond motifs is 1. The molecule has 0 bridgehead atoms. The monoisotopic (exact) mass is 264 g/mol. The highest BCUT2D eigenvalue weighted by molar-refractivity contribution is 7.17. The summed E-state index contributed by atoms with van der Waals surface area (Å²) >= 11 is 1.73. The summed E-state index contributed by atoms with van der Waals surface area (Å²) in [6, 6.07) is 8.31. The van der Waals surface area contributed by atoms with Gasteiger partial charge in [0.25, 0.3) is 0 Å². The lowest BCUT2D eigenvalue weighted by molar-refractivity contribution is -0.0954. The third-order valence-corrected chi connectivity index (χ3v) is 4.31. The van der Waals surface area contributed by atoms with Crippen LogP contribution in [0.4, 0.5) is 0 Å². The van der Waals surface area contributed by atoms with Crippen molar-refractivity contribution in [3.63, 3.8) is 0 Å². The van der Waals surface area contributed by atoms with Gasteiger partial charge in [0.2, 0.25) is 0 Å². The first-order chi connectivity index (χ1) is 8.54. The first-order valence-electron chi connectivity index (χ1n) is 6.31. The third kappa shape index (κ3) is 2.74. The molecule has 0 fully saturated rings. The lowest BCUT2D eigenvalue weighted by Gasteiger charge is -2.30. The first-order valence-corrected chi connectivity index (χ1v) is 7.19. The Kier molecular flexibility index (Phi) is 4.05. The molecule has 3 heteroatoms. The van der Waals surface area contributed by atoms with E-state index in [-0.39, 0.29) is 0 Å². The molecular weight excluding hydrogens is 244 g/mol. The number of aliphatic hydroxyl groups excluding tert-OH is 1. The minimum absolute atomic E-state index is 0.490. The topological polar surface area (TPSA) is 29.5 Å². The van der Waals surface area contributed by atoms with Crippen LogP contribution < -0.4 is 0 Å². The third-order valence-electron chi connectivity index (χ3n) is 3.29. The van der Waals surface area contributed by atoms with Crippen LogP contribution in [0.2, 0.25) is 0 Å². The van der Waals surface area contributed by atoms with Gasteiger partial charge in [-0.25, -0.2) is 0 Å². The van der Waals surface area contributed by atoms with Gasteiger partial charge >= 0.3 is 0 Å². The quantitative estimate of drug-likeness (QED) is 0.893. The van der Waals surface area contributed by atoms with Crippen molar-refractivity contribution in [1.29, 1.82) is 0 Å². The largest absolute Gasteiger partial charge is 0.390 e. The van der Waals surface area contributed by atoms with Crippen molar-refractivity contribution in [3.05, 3.63) is 35.2 Å². The molecule has 1 atom stereocenters. The molecular formula is C15H20O2S. The lowest BCUT2D eigenvalue weighted by Crippen LogP contribution is -2.40. The molecule has 0 amide bonds. The molecule has 1 unspecified atom stereocenters. The Morgan fingerprint density at radius 2 is 2.06 bits per heavy atom. The van der Waals surface area contributed by atoms with Crippen LogP contribution in [0, 0.1) is 0 Å². The molecule has 0 radical (unpaired) electrons. The van der Waals surface area contributed by atoms with E-state index in [1.165, 1.54) is 15.6 Å². The summed E-state index contributed by atoms with van der Waals surface area (Å²) in [4.78, 5) is 0. The normalized spacial score (nSPS) is 14.0. The summed E-state index contributed by atoms with van der Waals surface area (Å²) in [6.07, 6.45) is 0.146. The molecule has 98 valence electrons. The fourth-order valence-electron chi connectivity index (χ4n) is 2.11. The predicted octanol–water partition coefficient (Wildman–Crippen LogP) is 3.62. The van der Waals surface area contributed by atoms with E-state index in [1.807, 2.05) is 32.9 Å². The summed E-state index contributed by atoms with van der Waals surface area (Å²) in [7, 11) is 0. The second-order valence-electron chi connectivity index (χ2n) is 5.01. The molecule has 1 N–H and O–H groups in total. The van der Waals surface area contributed by atoms with Crippen LogP contribution in [-0.2, 0) is 11.2 Å². The Morgan fingerprint density at radius 1 is 1.33 bits per heavy atom. The van der Waals surface area contributed by atoms with E-state index in [1.54, 1.807) is 11.3 Å². The van der Waals surface area contributed by atoms with Crippen LogP contribution in [0.1, 0.15) is 26.3 Å². The highest BCUT2D eigenvalue weighted by Crippen LogP contribution is 2.28. The molecule has 1 aromatic carbocycles. The van der Waals surface area contributed by atoms with Crippen molar-refractivity contribution in [1.82, 2.24) is 0 Å². The molecule has 0 aliphatic carbocycles. The van der Waals surface area contributed by atoms with E-state index in [4.69, 9.17) is 4.74 Å². The number of ether oxygens (including phenoxy) is 1. The molecule has 0 aliphatic rings. The molecule has 18 heavy (non-hydrogen) atoms. The molecule has 2 aromatic rings. The fourth-order valence-corrected chi connectivity index (χ4v) is 3.09. The highest BCUT2D eigenvalue weighted by Gasteiger charge is 2.28.